The minimum Gasteiger partial charge on any atom is -0.378 e. The molecule has 3 nitrogen and oxygen atoms in total. The molecule has 0 aromatic heterocycles. The molecular weight excluding hydrogens is 368 g/mol. The topological polar surface area (TPSA) is 23.6 Å². The van der Waals surface area contributed by atoms with Crippen molar-refractivity contribution >= 4 is 11.6 Å². The second-order valence-electron chi connectivity index (χ2n) is 7.99. The molecule has 0 spiro atoms. The van der Waals surface area contributed by atoms with Gasteiger partial charge in [-0.05, 0) is 35.2 Å². The summed E-state index contributed by atoms with van der Waals surface area (Å²) in [5.41, 5.74) is 4.55. The highest BCUT2D eigenvalue weighted by molar-refractivity contribution is 5.84. The van der Waals surface area contributed by atoms with Gasteiger partial charge in [0.15, 0.2) is 0 Å². The van der Waals surface area contributed by atoms with Crippen molar-refractivity contribution < 1.29 is 4.79 Å². The van der Waals surface area contributed by atoms with Gasteiger partial charge in [-0.1, -0.05) is 86.1 Å². The average Bonchev–Trinajstić information content (AvgIpc) is 2.78. The van der Waals surface area contributed by atoms with Crippen LogP contribution in [0.1, 0.15) is 42.4 Å². The number of hydrogen-bond acceptors (Lipinski definition) is 2. The standard InChI is InChI=1S/C27H32N2O/c1-4-11-26(24-16-18-25(19-17-24)28(2)3)27(30)29(20-22-12-7-5-8-13-22)21-23-14-9-6-10-15-23/h5-10,12-19,26H,4,11,20-21H2,1-3H3. The molecule has 0 radical (unpaired) electrons. The molecule has 0 saturated heterocycles. The second kappa shape index (κ2) is 10.6. The molecule has 0 heterocycles. The van der Waals surface area contributed by atoms with E-state index in [1.54, 1.807) is 0 Å². The lowest BCUT2D eigenvalue weighted by molar-refractivity contribution is -0.134. The normalized spacial score (nSPS) is 11.7. The third-order valence-corrected chi connectivity index (χ3v) is 5.43. The highest BCUT2D eigenvalue weighted by Crippen LogP contribution is 2.27. The summed E-state index contributed by atoms with van der Waals surface area (Å²) in [5, 5.41) is 0. The predicted molar refractivity (Wildman–Crippen MR) is 126 cm³/mol. The molecule has 1 amide bonds. The summed E-state index contributed by atoms with van der Waals surface area (Å²) in [6.07, 6.45) is 1.82. The van der Waals surface area contributed by atoms with Crippen LogP contribution in [0.25, 0.3) is 0 Å². The van der Waals surface area contributed by atoms with E-state index in [0.717, 1.165) is 35.2 Å². The Bertz CT molecular complexity index is 863. The number of anilines is 1. The molecule has 0 aliphatic carbocycles. The fraction of sp³-hybridized carbons (Fsp3) is 0.296. The molecular formula is C27H32N2O. The second-order valence-corrected chi connectivity index (χ2v) is 7.99. The van der Waals surface area contributed by atoms with E-state index in [2.05, 4.69) is 60.4 Å². The first-order valence-electron chi connectivity index (χ1n) is 10.7. The fourth-order valence-corrected chi connectivity index (χ4v) is 3.77. The van der Waals surface area contributed by atoms with Gasteiger partial charge in [-0.15, -0.1) is 0 Å². The number of nitrogens with zero attached hydrogens (tertiary/aromatic N) is 2. The highest BCUT2D eigenvalue weighted by atomic mass is 16.2. The van der Waals surface area contributed by atoms with Gasteiger partial charge in [0.05, 0.1) is 5.92 Å². The molecule has 156 valence electrons. The Labute approximate surface area is 181 Å². The first kappa shape index (κ1) is 21.6. The summed E-state index contributed by atoms with van der Waals surface area (Å²) in [6, 6.07) is 28.9. The summed E-state index contributed by atoms with van der Waals surface area (Å²) >= 11 is 0. The van der Waals surface area contributed by atoms with Crippen molar-refractivity contribution in [2.45, 2.75) is 38.8 Å². The van der Waals surface area contributed by atoms with Crippen molar-refractivity contribution in [3.8, 4) is 0 Å². The van der Waals surface area contributed by atoms with Crippen LogP contribution in [-0.4, -0.2) is 24.9 Å². The quantitative estimate of drug-likeness (QED) is 0.449. The number of rotatable bonds is 9. The lowest BCUT2D eigenvalue weighted by Gasteiger charge is -2.28. The van der Waals surface area contributed by atoms with Crippen molar-refractivity contribution in [1.82, 2.24) is 4.90 Å². The Balaban J connectivity index is 1.89. The molecule has 3 rings (SSSR count). The van der Waals surface area contributed by atoms with Crippen molar-refractivity contribution in [2.24, 2.45) is 0 Å². The molecule has 0 aliphatic rings. The van der Waals surface area contributed by atoms with Gasteiger partial charge in [0.1, 0.15) is 0 Å². The summed E-state index contributed by atoms with van der Waals surface area (Å²) < 4.78 is 0. The smallest absolute Gasteiger partial charge is 0.230 e. The lowest BCUT2D eigenvalue weighted by Crippen LogP contribution is -2.34. The van der Waals surface area contributed by atoms with Crippen molar-refractivity contribution in [3.63, 3.8) is 0 Å². The maximum atomic E-state index is 13.8. The van der Waals surface area contributed by atoms with E-state index in [-0.39, 0.29) is 11.8 Å². The predicted octanol–water partition coefficient (Wildman–Crippen LogP) is 5.87. The Hall–Kier alpha value is -3.07. The molecule has 3 aromatic carbocycles. The number of carbonyl (C=O) groups is 1. The van der Waals surface area contributed by atoms with Crippen LogP contribution in [0.5, 0.6) is 0 Å². The van der Waals surface area contributed by atoms with Crippen LogP contribution in [0, 0.1) is 0 Å². The zero-order chi connectivity index (χ0) is 21.3. The zero-order valence-corrected chi connectivity index (χ0v) is 18.3. The average molecular weight is 401 g/mol. The molecule has 3 heteroatoms. The summed E-state index contributed by atoms with van der Waals surface area (Å²) in [6.45, 7) is 3.38. The zero-order valence-electron chi connectivity index (χ0n) is 18.3. The Morgan fingerprint density at radius 1 is 0.767 bits per heavy atom. The molecule has 0 bridgehead atoms. The minimum absolute atomic E-state index is 0.126. The van der Waals surface area contributed by atoms with Gasteiger partial charge >= 0.3 is 0 Å². The Morgan fingerprint density at radius 3 is 1.70 bits per heavy atom. The third kappa shape index (κ3) is 5.73. The lowest BCUT2D eigenvalue weighted by atomic mass is 9.92. The van der Waals surface area contributed by atoms with Crippen LogP contribution in [0.4, 0.5) is 5.69 Å². The van der Waals surface area contributed by atoms with Crippen LogP contribution in [0.2, 0.25) is 0 Å². The van der Waals surface area contributed by atoms with Gasteiger partial charge in [0.2, 0.25) is 5.91 Å². The van der Waals surface area contributed by atoms with Gasteiger partial charge < -0.3 is 9.80 Å². The van der Waals surface area contributed by atoms with Gasteiger partial charge in [-0.3, -0.25) is 4.79 Å². The van der Waals surface area contributed by atoms with E-state index in [0.29, 0.717) is 13.1 Å². The molecule has 0 fully saturated rings. The molecule has 0 saturated carbocycles. The van der Waals surface area contributed by atoms with Gasteiger partial charge in [-0.2, -0.15) is 0 Å². The van der Waals surface area contributed by atoms with Crippen LogP contribution < -0.4 is 4.90 Å². The van der Waals surface area contributed by atoms with E-state index in [1.165, 1.54) is 0 Å². The maximum Gasteiger partial charge on any atom is 0.230 e. The van der Waals surface area contributed by atoms with Crippen LogP contribution in [-0.2, 0) is 17.9 Å². The first-order chi connectivity index (χ1) is 14.6. The molecule has 0 aliphatic heterocycles. The number of benzene rings is 3. The van der Waals surface area contributed by atoms with Crippen molar-refractivity contribution in [1.29, 1.82) is 0 Å². The molecule has 3 aromatic rings. The number of carbonyl (C=O) groups excluding carboxylic acids is 1. The van der Waals surface area contributed by atoms with Crippen LogP contribution in [0.3, 0.4) is 0 Å². The van der Waals surface area contributed by atoms with Crippen LogP contribution in [0.15, 0.2) is 84.9 Å². The summed E-state index contributed by atoms with van der Waals surface area (Å²) in [4.78, 5) is 17.9. The molecule has 1 unspecified atom stereocenters. The monoisotopic (exact) mass is 400 g/mol. The van der Waals surface area contributed by atoms with Crippen molar-refractivity contribution in [2.75, 3.05) is 19.0 Å². The van der Waals surface area contributed by atoms with Gasteiger partial charge in [0.25, 0.3) is 0 Å². The van der Waals surface area contributed by atoms with E-state index < -0.39 is 0 Å². The SMILES string of the molecule is CCCC(C(=O)N(Cc1ccccc1)Cc1ccccc1)c1ccc(N(C)C)cc1. The van der Waals surface area contributed by atoms with Gasteiger partial charge in [-0.25, -0.2) is 0 Å². The van der Waals surface area contributed by atoms with E-state index in [4.69, 9.17) is 0 Å². The Kier molecular flexibility index (Phi) is 7.67. The molecule has 30 heavy (non-hydrogen) atoms. The number of hydrogen-bond donors (Lipinski definition) is 0. The largest absolute Gasteiger partial charge is 0.378 e. The van der Waals surface area contributed by atoms with Gasteiger partial charge in [0, 0.05) is 32.9 Å². The third-order valence-electron chi connectivity index (χ3n) is 5.43. The van der Waals surface area contributed by atoms with E-state index in [1.807, 2.05) is 55.4 Å². The summed E-state index contributed by atoms with van der Waals surface area (Å²) in [7, 11) is 4.07. The van der Waals surface area contributed by atoms with Crippen LogP contribution >= 0.6 is 0 Å². The minimum atomic E-state index is -0.126. The summed E-state index contributed by atoms with van der Waals surface area (Å²) in [5.74, 6) is 0.0702. The molecule has 1 atom stereocenters. The molecule has 0 N–H and O–H groups in total. The highest BCUT2D eigenvalue weighted by Gasteiger charge is 2.25. The maximum absolute atomic E-state index is 13.8. The Morgan fingerprint density at radius 2 is 1.27 bits per heavy atom. The number of amides is 1. The fourth-order valence-electron chi connectivity index (χ4n) is 3.77. The van der Waals surface area contributed by atoms with Crippen molar-refractivity contribution in [3.05, 3.63) is 102 Å². The van der Waals surface area contributed by atoms with E-state index in [9.17, 15) is 4.79 Å². The van der Waals surface area contributed by atoms with E-state index >= 15 is 0 Å². The first-order valence-corrected chi connectivity index (χ1v) is 10.7.